The number of ketones is 3. The van der Waals surface area contributed by atoms with Crippen LogP contribution < -0.4 is 16.0 Å². The SMILES string of the molecule is CCN(CC)C(=S)SSC[C@@H](CCC(=O)[C@H](Cc1ccc(O)cc1)NC(=O)[C@@H](CC(=O)CCCCCCCC(=O)CC[C@H](NC(=O)N[C@@H](CCC(=O)O)OC=O)C(=O)O)Cc1ccc(O)cc1)C(=O)O. The lowest BCUT2D eigenvalue weighted by Gasteiger charge is -2.23. The number of ether oxygens (including phenoxy) is 1. The van der Waals surface area contributed by atoms with Crippen LogP contribution in [0, 0.1) is 11.8 Å². The van der Waals surface area contributed by atoms with Crippen LogP contribution in [-0.2, 0) is 55.9 Å². The van der Waals surface area contributed by atoms with E-state index in [1.807, 2.05) is 18.7 Å². The molecule has 0 heterocycles. The van der Waals surface area contributed by atoms with Crippen molar-refractivity contribution in [1.82, 2.24) is 20.9 Å². The number of aromatic hydroxyl groups is 2. The van der Waals surface area contributed by atoms with E-state index in [4.69, 9.17) is 17.3 Å². The standard InChI is InChI=1S/C48H66N4O15S3/c1-3-52(4-2)48(68)70-69-29-33(45(62)63)16-23-41(58)40(27-32-14-19-37(56)20-15-32)49-44(61)34(26-31-12-17-36(55)18-13-31)28-38(57)11-9-7-5-6-8-10-35(54)21-22-39(46(64)65)50-47(66)51-42(67-30-53)24-25-43(59)60/h12-15,17-20,30,33-34,39-40,42,55-56H,3-11,16,21-29H2,1-2H3,(H,49,61)(H,59,60)(H,62,63)(H,64,65)(H2,50,51,66)/t33-,34-,39+,40+,42-/m1/s1. The first-order chi connectivity index (χ1) is 33.3. The maximum absolute atomic E-state index is 14.1. The number of benzene rings is 2. The molecule has 3 amide bonds. The molecular weight excluding hydrogens is 969 g/mol. The highest BCUT2D eigenvalue weighted by molar-refractivity contribution is 8.83. The molecular formula is C48H66N4O15S3. The number of unbranched alkanes of at least 4 members (excludes halogenated alkanes) is 4. The number of carboxylic acids is 3. The van der Waals surface area contributed by atoms with Crippen molar-refractivity contribution in [3.05, 3.63) is 59.7 Å². The molecule has 8 N–H and O–H groups in total. The highest BCUT2D eigenvalue weighted by Crippen LogP contribution is 2.29. The zero-order valence-electron chi connectivity index (χ0n) is 39.5. The lowest BCUT2D eigenvalue weighted by atomic mass is 9.90. The average molecular weight is 1040 g/mol. The van der Waals surface area contributed by atoms with Crippen molar-refractivity contribution in [1.29, 1.82) is 0 Å². The van der Waals surface area contributed by atoms with Crippen LogP contribution in [0.2, 0.25) is 0 Å². The molecule has 0 bridgehead atoms. The molecule has 19 nitrogen and oxygen atoms in total. The molecule has 2 aromatic carbocycles. The molecule has 0 aliphatic carbocycles. The van der Waals surface area contributed by atoms with Gasteiger partial charge >= 0.3 is 23.9 Å². The van der Waals surface area contributed by atoms with Crippen molar-refractivity contribution in [3.63, 3.8) is 0 Å². The Balaban J connectivity index is 1.98. The number of urea groups is 1. The maximum atomic E-state index is 14.1. The second-order valence-electron chi connectivity index (χ2n) is 16.6. The molecule has 22 heteroatoms. The Morgan fingerprint density at radius 3 is 1.77 bits per heavy atom. The molecule has 0 spiro atoms. The molecule has 0 fully saturated rings. The first-order valence-electron chi connectivity index (χ1n) is 23.2. The number of amides is 3. The van der Waals surface area contributed by atoms with E-state index in [1.165, 1.54) is 45.9 Å². The lowest BCUT2D eigenvalue weighted by Crippen LogP contribution is -2.49. The molecule has 5 atom stereocenters. The van der Waals surface area contributed by atoms with E-state index in [-0.39, 0.29) is 99.5 Å². The normalized spacial score (nSPS) is 13.1. The summed E-state index contributed by atoms with van der Waals surface area (Å²) in [7, 11) is 2.62. The van der Waals surface area contributed by atoms with Gasteiger partial charge in [0.2, 0.25) is 5.91 Å². The molecule has 0 saturated carbocycles. The number of phenolic OH excluding ortho intramolecular Hbond substituents is 2. The van der Waals surface area contributed by atoms with Crippen molar-refractivity contribution >= 4 is 91.8 Å². The molecule has 2 aromatic rings. The van der Waals surface area contributed by atoms with Crippen LogP contribution in [0.1, 0.15) is 115 Å². The van der Waals surface area contributed by atoms with Gasteiger partial charge in [-0.25, -0.2) is 9.59 Å². The number of carbonyl (C=O) groups is 9. The summed E-state index contributed by atoms with van der Waals surface area (Å²) in [6, 6.07) is 8.82. The Bertz CT molecular complexity index is 2040. The van der Waals surface area contributed by atoms with E-state index < -0.39 is 72.2 Å². The Morgan fingerprint density at radius 1 is 0.657 bits per heavy atom. The zero-order chi connectivity index (χ0) is 52.0. The summed E-state index contributed by atoms with van der Waals surface area (Å²) < 4.78 is 5.26. The van der Waals surface area contributed by atoms with Crippen molar-refractivity contribution in [2.24, 2.45) is 11.8 Å². The molecule has 70 heavy (non-hydrogen) atoms. The van der Waals surface area contributed by atoms with Crippen LogP contribution in [0.15, 0.2) is 48.5 Å². The third kappa shape index (κ3) is 25.2. The third-order valence-electron chi connectivity index (χ3n) is 11.2. The van der Waals surface area contributed by atoms with Gasteiger partial charge in [0.1, 0.15) is 33.4 Å². The van der Waals surface area contributed by atoms with Gasteiger partial charge in [0.25, 0.3) is 6.47 Å². The molecule has 0 aliphatic heterocycles. The number of Topliss-reactive ketones (excluding diaryl/α,β-unsaturated/α-hetero) is 3. The summed E-state index contributed by atoms with van der Waals surface area (Å²) in [5.74, 6) is -6.53. The number of carbonyl (C=O) groups excluding carboxylic acids is 6. The Morgan fingerprint density at radius 2 is 1.23 bits per heavy atom. The van der Waals surface area contributed by atoms with Crippen LogP contribution in [0.5, 0.6) is 11.5 Å². The number of rotatable bonds is 37. The first-order valence-corrected chi connectivity index (χ1v) is 25.9. The number of nitrogens with one attached hydrogen (secondary N) is 3. The summed E-state index contributed by atoms with van der Waals surface area (Å²) in [5, 5.41) is 55.3. The van der Waals surface area contributed by atoms with Crippen molar-refractivity contribution < 1.29 is 73.4 Å². The highest BCUT2D eigenvalue weighted by atomic mass is 33.1. The third-order valence-corrected chi connectivity index (χ3v) is 14.3. The van der Waals surface area contributed by atoms with Crippen molar-refractivity contribution in [2.75, 3.05) is 18.8 Å². The van der Waals surface area contributed by atoms with Gasteiger partial charge in [-0.05, 0) is 98.6 Å². The molecule has 0 saturated heterocycles. The van der Waals surface area contributed by atoms with Crippen LogP contribution in [-0.4, -0.2) is 126 Å². The monoisotopic (exact) mass is 1030 g/mol. The highest BCUT2D eigenvalue weighted by Gasteiger charge is 2.30. The molecule has 0 radical (unpaired) electrons. The van der Waals surface area contributed by atoms with Crippen LogP contribution in [0.3, 0.4) is 0 Å². The van der Waals surface area contributed by atoms with Gasteiger partial charge in [0.05, 0.1) is 18.4 Å². The predicted molar refractivity (Wildman–Crippen MR) is 267 cm³/mol. The summed E-state index contributed by atoms with van der Waals surface area (Å²) in [5.41, 5.74) is 1.31. The predicted octanol–water partition coefficient (Wildman–Crippen LogP) is 6.20. The Labute approximate surface area is 421 Å². The molecule has 0 aromatic heterocycles. The first kappa shape index (κ1) is 60.4. The Kier molecular flexibility index (Phi) is 29.1. The number of carboxylic acid groups (broad SMARTS) is 3. The minimum Gasteiger partial charge on any atom is -0.508 e. The minimum absolute atomic E-state index is 0.00995. The van der Waals surface area contributed by atoms with Gasteiger partial charge < -0.3 is 51.1 Å². The second kappa shape index (κ2) is 33.7. The van der Waals surface area contributed by atoms with E-state index in [2.05, 4.69) is 20.7 Å². The number of hydrogen-bond donors (Lipinski definition) is 8. The molecule has 386 valence electrons. The number of hydrogen-bond acceptors (Lipinski definition) is 15. The molecule has 0 aliphatic rings. The summed E-state index contributed by atoms with van der Waals surface area (Å²) >= 11 is 5.46. The molecule has 2 rings (SSSR count). The number of nitrogens with zero attached hydrogens (tertiary/aromatic N) is 1. The maximum Gasteiger partial charge on any atom is 0.326 e. The van der Waals surface area contributed by atoms with Gasteiger partial charge in [0, 0.05) is 63.3 Å². The van der Waals surface area contributed by atoms with E-state index in [1.54, 1.807) is 24.3 Å². The fourth-order valence-corrected chi connectivity index (χ4v) is 10.1. The lowest BCUT2D eigenvalue weighted by molar-refractivity contribution is -0.142. The van der Waals surface area contributed by atoms with E-state index in [0.29, 0.717) is 60.6 Å². The summed E-state index contributed by atoms with van der Waals surface area (Å²) in [6.07, 6.45) is 0.913. The van der Waals surface area contributed by atoms with Gasteiger partial charge in [0.15, 0.2) is 12.0 Å². The fraction of sp³-hybridized carbons (Fsp3) is 0.542. The number of aliphatic carboxylic acids is 3. The van der Waals surface area contributed by atoms with E-state index in [0.717, 1.165) is 0 Å². The average Bonchev–Trinajstić information content (AvgIpc) is 3.31. The molecule has 0 unspecified atom stereocenters. The van der Waals surface area contributed by atoms with Crippen molar-refractivity contribution in [3.8, 4) is 11.5 Å². The summed E-state index contributed by atoms with van der Waals surface area (Å²) in [4.78, 5) is 114. The zero-order valence-corrected chi connectivity index (χ0v) is 42.0. The van der Waals surface area contributed by atoms with E-state index >= 15 is 0 Å². The van der Waals surface area contributed by atoms with Gasteiger partial charge in [-0.15, -0.1) is 0 Å². The van der Waals surface area contributed by atoms with Crippen LogP contribution in [0.4, 0.5) is 4.79 Å². The number of phenols is 2. The fourth-order valence-electron chi connectivity index (χ4n) is 7.13. The van der Waals surface area contributed by atoms with Crippen molar-refractivity contribution in [2.45, 2.75) is 135 Å². The largest absolute Gasteiger partial charge is 0.508 e. The van der Waals surface area contributed by atoms with Gasteiger partial charge in [-0.2, -0.15) is 0 Å². The summed E-state index contributed by atoms with van der Waals surface area (Å²) in [6.45, 7) is 5.40. The van der Waals surface area contributed by atoms with Gasteiger partial charge in [-0.1, -0.05) is 66.5 Å². The topological polar surface area (TPSA) is 303 Å². The van der Waals surface area contributed by atoms with Gasteiger partial charge in [-0.3, -0.25) is 33.6 Å². The van der Waals surface area contributed by atoms with Crippen LogP contribution in [0.25, 0.3) is 0 Å². The smallest absolute Gasteiger partial charge is 0.326 e. The quantitative estimate of drug-likeness (QED) is 0.0123. The van der Waals surface area contributed by atoms with E-state index in [9.17, 15) is 63.6 Å². The number of thiocarbonyl (C=S) groups is 1. The Hall–Kier alpha value is -5.74. The second-order valence-corrected chi connectivity index (χ2v) is 19.6. The minimum atomic E-state index is -1.44. The van der Waals surface area contributed by atoms with Crippen LogP contribution >= 0.6 is 33.8 Å².